The molecule has 0 aliphatic carbocycles. The van der Waals surface area contributed by atoms with Gasteiger partial charge >= 0.3 is 11.4 Å². The average molecular weight is 313 g/mol. The molecule has 0 heterocycles. The van der Waals surface area contributed by atoms with Crippen LogP contribution in [-0.4, -0.2) is 24.7 Å². The topological polar surface area (TPSA) is 73.9 Å². The maximum Gasteiger partial charge on any atom is 0.515 e. The van der Waals surface area contributed by atoms with E-state index in [1.165, 1.54) is 0 Å². The Bertz CT molecular complexity index is 427. The standard InChI is InChI=1S/C14H19NO5S/c1-2-3-7-10-19-21-13(16)15-11-18-14(17)20-12-8-5-4-6-9-12/h4-6,8-9H,2-3,7,10-11H2,1H3,(H,15,16). The minimum Gasteiger partial charge on any atom is -0.413 e. The number of hydrogen-bond donors (Lipinski definition) is 1. The Kier molecular flexibility index (Phi) is 9.06. The monoisotopic (exact) mass is 313 g/mol. The molecular formula is C14H19NO5S. The van der Waals surface area contributed by atoms with Crippen LogP contribution < -0.4 is 10.1 Å². The summed E-state index contributed by atoms with van der Waals surface area (Å²) in [5, 5.41) is 1.95. The molecule has 0 atom stereocenters. The van der Waals surface area contributed by atoms with Gasteiger partial charge in [-0.25, -0.2) is 4.79 Å². The summed E-state index contributed by atoms with van der Waals surface area (Å²) in [6.45, 7) is 2.34. The van der Waals surface area contributed by atoms with Gasteiger partial charge in [0, 0.05) is 0 Å². The molecule has 0 saturated heterocycles. The van der Waals surface area contributed by atoms with Crippen molar-refractivity contribution in [2.75, 3.05) is 13.3 Å². The number of ether oxygens (including phenoxy) is 2. The van der Waals surface area contributed by atoms with E-state index in [4.69, 9.17) is 13.7 Å². The van der Waals surface area contributed by atoms with Crippen molar-refractivity contribution in [2.24, 2.45) is 0 Å². The number of amides is 1. The van der Waals surface area contributed by atoms with Crippen molar-refractivity contribution in [1.82, 2.24) is 5.32 Å². The molecule has 0 aliphatic heterocycles. The van der Waals surface area contributed by atoms with Crippen LogP contribution in [0.1, 0.15) is 26.2 Å². The van der Waals surface area contributed by atoms with Gasteiger partial charge in [0.2, 0.25) is 0 Å². The Labute approximate surface area is 128 Å². The molecule has 6 nitrogen and oxygen atoms in total. The third-order valence-electron chi connectivity index (χ3n) is 2.32. The Morgan fingerprint density at radius 2 is 1.95 bits per heavy atom. The van der Waals surface area contributed by atoms with Gasteiger partial charge in [-0.1, -0.05) is 38.0 Å². The smallest absolute Gasteiger partial charge is 0.413 e. The van der Waals surface area contributed by atoms with Crippen molar-refractivity contribution in [1.29, 1.82) is 0 Å². The fourth-order valence-electron chi connectivity index (χ4n) is 1.30. The number of carbonyl (C=O) groups excluding carboxylic acids is 2. The highest BCUT2D eigenvalue weighted by atomic mass is 32.2. The third kappa shape index (κ3) is 8.93. The third-order valence-corrected chi connectivity index (χ3v) is 2.90. The van der Waals surface area contributed by atoms with Gasteiger partial charge in [0.15, 0.2) is 6.73 Å². The molecular weight excluding hydrogens is 294 g/mol. The lowest BCUT2D eigenvalue weighted by molar-refractivity contribution is 0.0951. The van der Waals surface area contributed by atoms with Gasteiger partial charge < -0.3 is 19.0 Å². The average Bonchev–Trinajstić information content (AvgIpc) is 2.48. The number of hydrogen-bond acceptors (Lipinski definition) is 6. The van der Waals surface area contributed by atoms with Crippen LogP contribution in [0, 0.1) is 0 Å². The molecule has 21 heavy (non-hydrogen) atoms. The second-order valence-corrected chi connectivity index (χ2v) is 4.80. The van der Waals surface area contributed by atoms with Crippen LogP contribution in [0.3, 0.4) is 0 Å². The van der Waals surface area contributed by atoms with E-state index in [0.717, 1.165) is 19.3 Å². The van der Waals surface area contributed by atoms with Crippen molar-refractivity contribution in [3.8, 4) is 5.75 Å². The van der Waals surface area contributed by atoms with Crippen molar-refractivity contribution in [3.63, 3.8) is 0 Å². The second kappa shape index (κ2) is 11.0. The summed E-state index contributed by atoms with van der Waals surface area (Å²) in [6.07, 6.45) is 2.20. The lowest BCUT2D eigenvalue weighted by Gasteiger charge is -2.07. The largest absolute Gasteiger partial charge is 0.515 e. The molecule has 1 aromatic rings. The van der Waals surface area contributed by atoms with Gasteiger partial charge in [0.25, 0.3) is 0 Å². The highest BCUT2D eigenvalue weighted by Gasteiger charge is 2.07. The molecule has 0 bridgehead atoms. The van der Waals surface area contributed by atoms with Crippen LogP contribution >= 0.6 is 12.0 Å². The molecule has 7 heteroatoms. The highest BCUT2D eigenvalue weighted by Crippen LogP contribution is 2.09. The molecule has 1 N–H and O–H groups in total. The number of nitrogens with one attached hydrogen (secondary N) is 1. The molecule has 1 rings (SSSR count). The lowest BCUT2D eigenvalue weighted by atomic mass is 10.3. The predicted octanol–water partition coefficient (Wildman–Crippen LogP) is 3.72. The van der Waals surface area contributed by atoms with Crippen LogP contribution in [0.2, 0.25) is 0 Å². The van der Waals surface area contributed by atoms with Crippen molar-refractivity contribution in [3.05, 3.63) is 30.3 Å². The number of carbonyl (C=O) groups is 2. The zero-order valence-electron chi connectivity index (χ0n) is 11.9. The van der Waals surface area contributed by atoms with Crippen LogP contribution in [0.5, 0.6) is 5.75 Å². The van der Waals surface area contributed by atoms with E-state index >= 15 is 0 Å². The second-order valence-electron chi connectivity index (χ2n) is 4.03. The SMILES string of the molecule is CCCCCOSC(=O)NCOC(=O)Oc1ccccc1. The molecule has 0 radical (unpaired) electrons. The van der Waals surface area contributed by atoms with Crippen LogP contribution in [0.4, 0.5) is 9.59 Å². The summed E-state index contributed by atoms with van der Waals surface area (Å²) >= 11 is 0.700. The highest BCUT2D eigenvalue weighted by molar-refractivity contribution is 8.09. The van der Waals surface area contributed by atoms with E-state index in [0.29, 0.717) is 24.4 Å². The molecule has 0 spiro atoms. The molecule has 1 aromatic carbocycles. The van der Waals surface area contributed by atoms with Gasteiger partial charge in [-0.05, 0) is 18.6 Å². The summed E-state index contributed by atoms with van der Waals surface area (Å²) < 4.78 is 14.7. The summed E-state index contributed by atoms with van der Waals surface area (Å²) in [5.41, 5.74) is 0. The van der Waals surface area contributed by atoms with Crippen LogP contribution in [0.15, 0.2) is 30.3 Å². The number of benzene rings is 1. The normalized spacial score (nSPS) is 9.95. The van der Waals surface area contributed by atoms with E-state index in [1.54, 1.807) is 30.3 Å². The van der Waals surface area contributed by atoms with Gasteiger partial charge in [0.05, 0.1) is 18.6 Å². The number of para-hydroxylation sites is 1. The summed E-state index contributed by atoms with van der Waals surface area (Å²) in [6, 6.07) is 8.52. The maximum atomic E-state index is 11.3. The van der Waals surface area contributed by atoms with Crippen LogP contribution in [0.25, 0.3) is 0 Å². The Hall–Kier alpha value is -1.73. The zero-order chi connectivity index (χ0) is 15.3. The number of rotatable bonds is 8. The fraction of sp³-hybridized carbons (Fsp3) is 0.429. The first-order chi connectivity index (χ1) is 10.2. The zero-order valence-corrected chi connectivity index (χ0v) is 12.7. The quantitative estimate of drug-likeness (QED) is 0.259. The fourth-order valence-corrected chi connectivity index (χ4v) is 1.73. The number of unbranched alkanes of at least 4 members (excludes halogenated alkanes) is 2. The van der Waals surface area contributed by atoms with E-state index in [2.05, 4.69) is 12.2 Å². The molecule has 0 fully saturated rings. The van der Waals surface area contributed by atoms with E-state index < -0.39 is 11.4 Å². The minimum atomic E-state index is -0.879. The van der Waals surface area contributed by atoms with Crippen molar-refractivity contribution >= 4 is 23.4 Å². The van der Waals surface area contributed by atoms with Crippen molar-refractivity contribution < 1.29 is 23.2 Å². The maximum absolute atomic E-state index is 11.3. The molecule has 116 valence electrons. The van der Waals surface area contributed by atoms with E-state index in [1.807, 2.05) is 0 Å². The van der Waals surface area contributed by atoms with Gasteiger partial charge in [-0.15, -0.1) is 0 Å². The summed E-state index contributed by atoms with van der Waals surface area (Å²) in [4.78, 5) is 22.6. The van der Waals surface area contributed by atoms with Crippen molar-refractivity contribution in [2.45, 2.75) is 26.2 Å². The first kappa shape index (κ1) is 17.3. The van der Waals surface area contributed by atoms with Gasteiger partial charge in [0.1, 0.15) is 5.75 Å². The van der Waals surface area contributed by atoms with Crippen LogP contribution in [-0.2, 0) is 8.92 Å². The van der Waals surface area contributed by atoms with Gasteiger partial charge in [-0.3, -0.25) is 4.79 Å². The Balaban J connectivity index is 2.04. The molecule has 0 aromatic heterocycles. The van der Waals surface area contributed by atoms with E-state index in [-0.39, 0.29) is 6.73 Å². The molecule has 1 amide bonds. The first-order valence-electron chi connectivity index (χ1n) is 6.69. The molecule has 0 unspecified atom stereocenters. The molecule has 0 aliphatic rings. The van der Waals surface area contributed by atoms with Gasteiger partial charge in [-0.2, -0.15) is 0 Å². The van der Waals surface area contributed by atoms with E-state index in [9.17, 15) is 9.59 Å². The summed E-state index contributed by atoms with van der Waals surface area (Å²) in [7, 11) is 0. The Morgan fingerprint density at radius 3 is 2.67 bits per heavy atom. The summed E-state index contributed by atoms with van der Waals surface area (Å²) in [5.74, 6) is 0.377. The molecule has 0 saturated carbocycles. The lowest BCUT2D eigenvalue weighted by Crippen LogP contribution is -2.25. The Morgan fingerprint density at radius 1 is 1.19 bits per heavy atom. The first-order valence-corrected chi connectivity index (χ1v) is 7.43. The minimum absolute atomic E-state index is 0.268. The predicted molar refractivity (Wildman–Crippen MR) is 80.0 cm³/mol.